The predicted molar refractivity (Wildman–Crippen MR) is 79.7 cm³/mol. The van der Waals surface area contributed by atoms with Crippen LogP contribution in [0.15, 0.2) is 41.3 Å². The van der Waals surface area contributed by atoms with Crippen molar-refractivity contribution < 1.29 is 22.6 Å². The normalized spacial score (nSPS) is 13.1. The zero-order chi connectivity index (χ0) is 15.4. The van der Waals surface area contributed by atoms with Crippen LogP contribution in [0.4, 0.5) is 5.69 Å². The number of benzene rings is 2. The predicted octanol–water partition coefficient (Wildman–Crippen LogP) is 0.910. The maximum Gasteiger partial charge on any atom is 0.295 e. The van der Waals surface area contributed by atoms with Crippen LogP contribution in [0.1, 0.15) is 31.8 Å². The zero-order valence-corrected chi connectivity index (χ0v) is 14.3. The van der Waals surface area contributed by atoms with E-state index >= 15 is 0 Å². The molecule has 0 aliphatic heterocycles. The van der Waals surface area contributed by atoms with Crippen molar-refractivity contribution >= 4 is 56.9 Å². The number of hydrogen-bond acceptors (Lipinski definition) is 5. The van der Waals surface area contributed by atoms with Gasteiger partial charge in [-0.25, -0.2) is 0 Å². The van der Waals surface area contributed by atoms with E-state index in [0.29, 0.717) is 0 Å². The van der Waals surface area contributed by atoms with Crippen molar-refractivity contribution in [3.8, 4) is 0 Å². The van der Waals surface area contributed by atoms with E-state index in [4.69, 9.17) is 5.73 Å². The third-order valence-electron chi connectivity index (χ3n) is 3.34. The molecule has 3 N–H and O–H groups in total. The van der Waals surface area contributed by atoms with Crippen LogP contribution in [0.25, 0.3) is 0 Å². The van der Waals surface area contributed by atoms with Crippen LogP contribution in [-0.2, 0) is 10.1 Å². The Morgan fingerprint density at radius 1 is 0.864 bits per heavy atom. The SMILES string of the molecule is Nc1cccc2c1C(=O)c1c(cccc1S(=O)(=O)O)C2=O.[Na]. The second kappa shape index (κ2) is 5.60. The summed E-state index contributed by atoms with van der Waals surface area (Å²) >= 11 is 0. The van der Waals surface area contributed by atoms with E-state index in [2.05, 4.69) is 0 Å². The molecule has 0 heterocycles. The molecule has 1 aliphatic rings. The number of hydrogen-bond donors (Lipinski definition) is 2. The summed E-state index contributed by atoms with van der Waals surface area (Å²) in [6, 6.07) is 8.15. The summed E-state index contributed by atoms with van der Waals surface area (Å²) in [7, 11) is -4.63. The molecule has 0 unspecified atom stereocenters. The van der Waals surface area contributed by atoms with E-state index in [9.17, 15) is 22.6 Å². The van der Waals surface area contributed by atoms with E-state index in [-0.39, 0.29) is 57.5 Å². The molecule has 0 saturated heterocycles. The van der Waals surface area contributed by atoms with Gasteiger partial charge >= 0.3 is 0 Å². The number of fused-ring (bicyclic) bond motifs is 2. The van der Waals surface area contributed by atoms with Gasteiger partial charge in [0.1, 0.15) is 4.90 Å². The first-order chi connectivity index (χ1) is 9.82. The number of rotatable bonds is 1. The van der Waals surface area contributed by atoms with E-state index < -0.39 is 26.6 Å². The number of nitrogen functional groups attached to an aromatic ring is 1. The first-order valence-electron chi connectivity index (χ1n) is 5.90. The molecule has 0 bridgehead atoms. The van der Waals surface area contributed by atoms with Gasteiger partial charge in [0.25, 0.3) is 10.1 Å². The van der Waals surface area contributed by atoms with Crippen LogP contribution in [0.5, 0.6) is 0 Å². The molecule has 22 heavy (non-hydrogen) atoms. The monoisotopic (exact) mass is 326 g/mol. The smallest absolute Gasteiger partial charge is 0.295 e. The largest absolute Gasteiger partial charge is 0.398 e. The average Bonchev–Trinajstić information content (AvgIpc) is 2.43. The number of anilines is 1. The number of ketones is 2. The van der Waals surface area contributed by atoms with Crippen molar-refractivity contribution in [2.45, 2.75) is 4.90 Å². The van der Waals surface area contributed by atoms with Crippen molar-refractivity contribution in [3.63, 3.8) is 0 Å². The fraction of sp³-hybridized carbons (Fsp3) is 0. The van der Waals surface area contributed by atoms with E-state index in [1.54, 1.807) is 0 Å². The molecular weight excluding hydrogens is 317 g/mol. The van der Waals surface area contributed by atoms with Gasteiger partial charge < -0.3 is 5.73 Å². The third-order valence-corrected chi connectivity index (χ3v) is 4.24. The van der Waals surface area contributed by atoms with Crippen LogP contribution in [0.3, 0.4) is 0 Å². The summed E-state index contributed by atoms with van der Waals surface area (Å²) in [6.07, 6.45) is 0. The van der Waals surface area contributed by atoms with E-state index in [1.807, 2.05) is 0 Å². The van der Waals surface area contributed by atoms with Gasteiger partial charge in [-0.3, -0.25) is 14.1 Å². The molecule has 1 aliphatic carbocycles. The Hall–Kier alpha value is -1.51. The van der Waals surface area contributed by atoms with Gasteiger partial charge in [0.2, 0.25) is 0 Å². The van der Waals surface area contributed by atoms with Gasteiger partial charge in [-0.1, -0.05) is 24.3 Å². The Labute approximate surface area is 148 Å². The topological polar surface area (TPSA) is 115 Å². The summed E-state index contributed by atoms with van der Waals surface area (Å²) in [5.41, 5.74) is 5.50. The van der Waals surface area contributed by atoms with Crippen molar-refractivity contribution in [1.82, 2.24) is 0 Å². The van der Waals surface area contributed by atoms with E-state index in [0.717, 1.165) is 6.07 Å². The van der Waals surface area contributed by atoms with Crippen LogP contribution in [-0.4, -0.2) is 54.1 Å². The van der Waals surface area contributed by atoms with Crippen LogP contribution in [0, 0.1) is 0 Å². The molecule has 2 aromatic carbocycles. The summed E-state index contributed by atoms with van der Waals surface area (Å²) in [5.74, 6) is -1.19. The molecule has 0 spiro atoms. The molecule has 0 fully saturated rings. The third kappa shape index (κ3) is 2.41. The van der Waals surface area contributed by atoms with Crippen LogP contribution >= 0.6 is 0 Å². The van der Waals surface area contributed by atoms with Crippen molar-refractivity contribution in [3.05, 3.63) is 58.7 Å². The molecule has 0 amide bonds. The van der Waals surface area contributed by atoms with Gasteiger partial charge in [-0.2, -0.15) is 8.42 Å². The Balaban J connectivity index is 0.00000176. The van der Waals surface area contributed by atoms with Crippen LogP contribution < -0.4 is 5.73 Å². The molecule has 2 aromatic rings. The second-order valence-electron chi connectivity index (χ2n) is 4.58. The van der Waals surface area contributed by atoms with Gasteiger partial charge in [0, 0.05) is 46.4 Å². The summed E-state index contributed by atoms with van der Waals surface area (Å²) in [6.45, 7) is 0. The summed E-state index contributed by atoms with van der Waals surface area (Å²) < 4.78 is 32.1. The molecule has 0 aromatic heterocycles. The minimum Gasteiger partial charge on any atom is -0.398 e. The number of carbonyl (C=O) groups excluding carboxylic acids is 2. The van der Waals surface area contributed by atoms with Crippen molar-refractivity contribution in [2.24, 2.45) is 0 Å². The van der Waals surface area contributed by atoms with Gasteiger partial charge in [-0.05, 0) is 12.1 Å². The zero-order valence-electron chi connectivity index (χ0n) is 11.5. The van der Waals surface area contributed by atoms with Gasteiger partial charge in [0.15, 0.2) is 11.6 Å². The Morgan fingerprint density at radius 2 is 1.41 bits per heavy atom. The molecule has 0 saturated carbocycles. The fourth-order valence-electron chi connectivity index (χ4n) is 2.45. The molecule has 6 nitrogen and oxygen atoms in total. The number of carbonyl (C=O) groups is 2. The maximum absolute atomic E-state index is 12.5. The molecule has 0 atom stereocenters. The summed E-state index contributed by atoms with van der Waals surface area (Å²) in [5, 5.41) is 0. The summed E-state index contributed by atoms with van der Waals surface area (Å²) in [4.78, 5) is 24.3. The van der Waals surface area contributed by atoms with Crippen molar-refractivity contribution in [1.29, 1.82) is 0 Å². The first-order valence-corrected chi connectivity index (χ1v) is 7.35. The molecular formula is C14H9NNaO5S. The van der Waals surface area contributed by atoms with Crippen molar-refractivity contribution in [2.75, 3.05) is 5.73 Å². The van der Waals surface area contributed by atoms with E-state index in [1.165, 1.54) is 30.3 Å². The second-order valence-corrected chi connectivity index (χ2v) is 5.97. The molecule has 107 valence electrons. The minimum absolute atomic E-state index is 0. The average molecular weight is 326 g/mol. The fourth-order valence-corrected chi connectivity index (χ4v) is 3.16. The Kier molecular flexibility index (Phi) is 4.29. The Morgan fingerprint density at radius 3 is 2.00 bits per heavy atom. The minimum atomic E-state index is -4.63. The molecule has 8 heteroatoms. The first kappa shape index (κ1) is 16.9. The van der Waals surface area contributed by atoms with Crippen LogP contribution in [0.2, 0.25) is 0 Å². The maximum atomic E-state index is 12.5. The number of nitrogens with two attached hydrogens (primary N) is 1. The standard InChI is InChI=1S/C14H9NO5S.Na/c15-9-5-1-3-7-11(9)14(17)12-8(13(7)16)4-2-6-10(12)21(18,19)20;/h1-6H,15H2,(H,18,19,20);. The van der Waals surface area contributed by atoms with Gasteiger partial charge in [0.05, 0.1) is 11.1 Å². The van der Waals surface area contributed by atoms with Gasteiger partial charge in [-0.15, -0.1) is 0 Å². The quantitative estimate of drug-likeness (QED) is 0.390. The molecule has 3 rings (SSSR count). The Bertz CT molecular complexity index is 921. The molecule has 1 radical (unpaired) electrons.